The predicted octanol–water partition coefficient (Wildman–Crippen LogP) is 3.28. The van der Waals surface area contributed by atoms with E-state index < -0.39 is 6.03 Å². The Hall–Kier alpha value is -3.28. The van der Waals surface area contributed by atoms with Crippen LogP contribution in [0.1, 0.15) is 18.5 Å². The fraction of sp³-hybridized carbons (Fsp3) is 0.222. The fourth-order valence-electron chi connectivity index (χ4n) is 2.95. The number of carbonyl (C=O) groups is 1. The Bertz CT molecular complexity index is 1240. The van der Waals surface area contributed by atoms with Gasteiger partial charge in [-0.15, -0.1) is 4.80 Å². The van der Waals surface area contributed by atoms with Crippen molar-refractivity contribution in [3.63, 3.8) is 0 Å². The molecule has 0 aliphatic carbocycles. The minimum Gasteiger partial charge on any atom is -0.306 e. The number of urea groups is 1. The van der Waals surface area contributed by atoms with Crippen LogP contribution in [0, 0.1) is 0 Å². The van der Waals surface area contributed by atoms with Crippen LogP contribution in [0.5, 0.6) is 0 Å². The second-order valence-corrected chi connectivity index (χ2v) is 7.66. The van der Waals surface area contributed by atoms with Crippen molar-refractivity contribution in [2.75, 3.05) is 24.7 Å². The summed E-state index contributed by atoms with van der Waals surface area (Å²) in [4.78, 5) is 24.5. The summed E-state index contributed by atoms with van der Waals surface area (Å²) in [5.74, 6) is 0.352. The van der Waals surface area contributed by atoms with Gasteiger partial charge < -0.3 is 15.5 Å². The average molecular weight is 461 g/mol. The van der Waals surface area contributed by atoms with E-state index in [0.717, 1.165) is 5.56 Å². The zero-order valence-electron chi connectivity index (χ0n) is 16.8. The third kappa shape index (κ3) is 4.29. The number of hydrogen-bond acceptors (Lipinski definition) is 7. The SMILES string of the molecule is CC(c1c(NC(=O)Nc2cnc(-n3nccn3)c(Cl)c2)cnn2cc(Cl)nc12)N(C)C. The molecular weight excluding hydrogens is 443 g/mol. The van der Waals surface area contributed by atoms with Gasteiger partial charge in [-0.2, -0.15) is 15.3 Å². The van der Waals surface area contributed by atoms with E-state index >= 15 is 0 Å². The van der Waals surface area contributed by atoms with Crippen LogP contribution in [0.4, 0.5) is 16.2 Å². The lowest BCUT2D eigenvalue weighted by atomic mass is 10.1. The second kappa shape index (κ2) is 8.46. The normalized spacial score (nSPS) is 12.3. The van der Waals surface area contributed by atoms with Crippen LogP contribution >= 0.6 is 23.2 Å². The average Bonchev–Trinajstić information content (AvgIpc) is 3.36. The van der Waals surface area contributed by atoms with Crippen molar-refractivity contribution in [3.05, 3.63) is 52.8 Å². The highest BCUT2D eigenvalue weighted by Gasteiger charge is 2.21. The number of halogens is 2. The molecule has 2 N–H and O–H groups in total. The van der Waals surface area contributed by atoms with Gasteiger partial charge in [-0.25, -0.2) is 19.3 Å². The first kappa shape index (κ1) is 21.0. The lowest BCUT2D eigenvalue weighted by molar-refractivity contribution is 0.262. The summed E-state index contributed by atoms with van der Waals surface area (Å²) in [6.45, 7) is 1.99. The molecule has 0 aliphatic heterocycles. The number of pyridine rings is 1. The standard InChI is InChI=1S/C18H18Cl2N10O/c1-10(28(2)3)15-13(8-24-29-9-14(20)27-17(15)29)26-18(31)25-11-6-12(19)16(21-7-11)30-22-4-5-23-30/h4-10H,1-3H3,(H2,25,26,31). The molecule has 1 atom stereocenters. The van der Waals surface area contributed by atoms with E-state index in [-0.39, 0.29) is 11.1 Å². The molecule has 0 saturated heterocycles. The number of anilines is 2. The minimum atomic E-state index is -0.487. The van der Waals surface area contributed by atoms with E-state index in [1.807, 2.05) is 25.9 Å². The monoisotopic (exact) mass is 460 g/mol. The molecule has 31 heavy (non-hydrogen) atoms. The number of nitrogens with one attached hydrogen (secondary N) is 2. The quantitative estimate of drug-likeness (QED) is 0.468. The maximum Gasteiger partial charge on any atom is 0.323 e. The molecule has 0 saturated carbocycles. The third-order valence-corrected chi connectivity index (χ3v) is 5.09. The summed E-state index contributed by atoms with van der Waals surface area (Å²) < 4.78 is 1.58. The summed E-state index contributed by atoms with van der Waals surface area (Å²) in [5.41, 5.74) is 2.24. The molecule has 0 aliphatic rings. The Morgan fingerprint density at radius 2 is 1.87 bits per heavy atom. The van der Waals surface area contributed by atoms with E-state index in [1.165, 1.54) is 23.4 Å². The van der Waals surface area contributed by atoms with E-state index in [2.05, 4.69) is 35.9 Å². The van der Waals surface area contributed by atoms with E-state index in [0.29, 0.717) is 28.0 Å². The summed E-state index contributed by atoms with van der Waals surface area (Å²) in [5, 5.41) is 18.4. The summed E-state index contributed by atoms with van der Waals surface area (Å²) in [6, 6.07) is 1.00. The van der Waals surface area contributed by atoms with Gasteiger partial charge >= 0.3 is 6.03 Å². The number of fused-ring (bicyclic) bond motifs is 1. The zero-order valence-corrected chi connectivity index (χ0v) is 18.3. The lowest BCUT2D eigenvalue weighted by Crippen LogP contribution is -2.24. The number of aromatic nitrogens is 7. The van der Waals surface area contributed by atoms with Crippen LogP contribution in [0.25, 0.3) is 11.5 Å². The molecule has 2 amide bonds. The molecule has 0 radical (unpaired) electrons. The van der Waals surface area contributed by atoms with Crippen LogP contribution in [-0.2, 0) is 0 Å². The lowest BCUT2D eigenvalue weighted by Gasteiger charge is -2.23. The van der Waals surface area contributed by atoms with Crippen molar-refractivity contribution >= 4 is 46.3 Å². The van der Waals surface area contributed by atoms with Crippen LogP contribution in [0.3, 0.4) is 0 Å². The Kier molecular flexibility index (Phi) is 5.72. The zero-order chi connectivity index (χ0) is 22.1. The van der Waals surface area contributed by atoms with Gasteiger partial charge in [-0.05, 0) is 27.1 Å². The third-order valence-electron chi connectivity index (χ3n) is 4.63. The molecule has 0 aromatic carbocycles. The minimum absolute atomic E-state index is 0.0729. The molecule has 4 aromatic rings. The first-order valence-corrected chi connectivity index (χ1v) is 9.89. The van der Waals surface area contributed by atoms with Crippen LogP contribution in [0.15, 0.2) is 37.1 Å². The first-order valence-electron chi connectivity index (χ1n) is 9.14. The molecule has 13 heteroatoms. The number of hydrogen-bond donors (Lipinski definition) is 2. The predicted molar refractivity (Wildman–Crippen MR) is 117 cm³/mol. The van der Waals surface area contributed by atoms with Crippen molar-refractivity contribution in [2.24, 2.45) is 0 Å². The molecular formula is C18H18Cl2N10O. The van der Waals surface area contributed by atoms with Crippen molar-refractivity contribution in [3.8, 4) is 5.82 Å². The van der Waals surface area contributed by atoms with Gasteiger partial charge in [0.25, 0.3) is 0 Å². The molecule has 0 spiro atoms. The van der Waals surface area contributed by atoms with Crippen LogP contribution in [-0.4, -0.2) is 59.6 Å². The topological polar surface area (TPSA) is 118 Å². The Morgan fingerprint density at radius 3 is 2.55 bits per heavy atom. The van der Waals surface area contributed by atoms with Crippen LogP contribution < -0.4 is 10.6 Å². The molecule has 0 fully saturated rings. The number of nitrogens with zero attached hydrogens (tertiary/aromatic N) is 8. The molecule has 4 rings (SSSR count). The molecule has 4 aromatic heterocycles. The van der Waals surface area contributed by atoms with E-state index in [4.69, 9.17) is 23.2 Å². The van der Waals surface area contributed by atoms with Gasteiger partial charge in [-0.3, -0.25) is 0 Å². The second-order valence-electron chi connectivity index (χ2n) is 6.87. The van der Waals surface area contributed by atoms with Crippen molar-refractivity contribution < 1.29 is 4.79 Å². The maximum absolute atomic E-state index is 12.7. The smallest absolute Gasteiger partial charge is 0.306 e. The van der Waals surface area contributed by atoms with Gasteiger partial charge in [-0.1, -0.05) is 23.2 Å². The number of amides is 2. The molecule has 1 unspecified atom stereocenters. The first-order chi connectivity index (χ1) is 14.8. The number of carbonyl (C=O) groups excluding carboxylic acids is 1. The highest BCUT2D eigenvalue weighted by atomic mass is 35.5. The number of imidazole rings is 1. The summed E-state index contributed by atoms with van der Waals surface area (Å²) in [6.07, 6.45) is 7.65. The van der Waals surface area contributed by atoms with Crippen molar-refractivity contribution in [1.82, 2.24) is 39.5 Å². The van der Waals surface area contributed by atoms with Gasteiger partial charge in [0.2, 0.25) is 0 Å². The van der Waals surface area contributed by atoms with Crippen molar-refractivity contribution in [2.45, 2.75) is 13.0 Å². The highest BCUT2D eigenvalue weighted by molar-refractivity contribution is 6.32. The van der Waals surface area contributed by atoms with Gasteiger partial charge in [0, 0.05) is 11.6 Å². The van der Waals surface area contributed by atoms with Crippen LogP contribution in [0.2, 0.25) is 10.2 Å². The van der Waals surface area contributed by atoms with Gasteiger partial charge in [0.05, 0.1) is 47.4 Å². The summed E-state index contributed by atoms with van der Waals surface area (Å²) in [7, 11) is 3.86. The Morgan fingerprint density at radius 1 is 1.13 bits per heavy atom. The van der Waals surface area contributed by atoms with Crippen molar-refractivity contribution in [1.29, 1.82) is 0 Å². The van der Waals surface area contributed by atoms with Gasteiger partial charge in [0.1, 0.15) is 5.15 Å². The fourth-order valence-corrected chi connectivity index (χ4v) is 3.37. The van der Waals surface area contributed by atoms with E-state index in [1.54, 1.807) is 23.0 Å². The molecule has 4 heterocycles. The molecule has 11 nitrogen and oxygen atoms in total. The van der Waals surface area contributed by atoms with Gasteiger partial charge in [0.15, 0.2) is 11.5 Å². The maximum atomic E-state index is 12.7. The molecule has 0 bridgehead atoms. The largest absolute Gasteiger partial charge is 0.323 e. The molecule has 160 valence electrons. The Labute approximate surface area is 187 Å². The Balaban J connectivity index is 1.59. The highest BCUT2D eigenvalue weighted by Crippen LogP contribution is 2.30. The summed E-state index contributed by atoms with van der Waals surface area (Å²) >= 11 is 12.3. The van der Waals surface area contributed by atoms with E-state index in [9.17, 15) is 4.79 Å². The number of rotatable bonds is 5.